The van der Waals surface area contributed by atoms with Gasteiger partial charge in [-0.15, -0.1) is 0 Å². The van der Waals surface area contributed by atoms with Crippen molar-refractivity contribution in [2.24, 2.45) is 23.5 Å². The quantitative estimate of drug-likeness (QED) is 0.767. The summed E-state index contributed by atoms with van der Waals surface area (Å²) in [5.74, 6) is 1.34. The molecule has 88 valence electrons. The zero-order valence-electron chi connectivity index (χ0n) is 10.2. The lowest BCUT2D eigenvalue weighted by Crippen LogP contribution is -2.40. The van der Waals surface area contributed by atoms with E-state index in [1.165, 1.54) is 6.42 Å². The minimum absolute atomic E-state index is 0.0145. The lowest BCUT2D eigenvalue weighted by Gasteiger charge is -2.25. The molecule has 1 aliphatic rings. The van der Waals surface area contributed by atoms with Gasteiger partial charge in [0.2, 0.25) is 5.91 Å². The summed E-state index contributed by atoms with van der Waals surface area (Å²) in [4.78, 5) is 14.1. The number of rotatable bonds is 4. The van der Waals surface area contributed by atoms with Gasteiger partial charge in [-0.25, -0.2) is 0 Å². The topological polar surface area (TPSA) is 46.3 Å². The molecule has 0 radical (unpaired) electrons. The molecule has 0 aromatic heterocycles. The van der Waals surface area contributed by atoms with Gasteiger partial charge in [-0.3, -0.25) is 4.79 Å². The molecule has 3 heteroatoms. The molecule has 0 aromatic rings. The predicted molar refractivity (Wildman–Crippen MR) is 62.4 cm³/mol. The van der Waals surface area contributed by atoms with Gasteiger partial charge in [0.15, 0.2) is 0 Å². The fourth-order valence-corrected chi connectivity index (χ4v) is 2.26. The second-order valence-corrected chi connectivity index (χ2v) is 4.93. The van der Waals surface area contributed by atoms with Gasteiger partial charge < -0.3 is 10.6 Å². The van der Waals surface area contributed by atoms with Crippen LogP contribution in [-0.2, 0) is 4.79 Å². The molecular formula is C12H24N2O. The van der Waals surface area contributed by atoms with E-state index in [1.807, 2.05) is 4.90 Å². The fourth-order valence-electron chi connectivity index (χ4n) is 2.26. The summed E-state index contributed by atoms with van der Waals surface area (Å²) in [6.45, 7) is 8.69. The minimum atomic E-state index is 0.0145. The summed E-state index contributed by atoms with van der Waals surface area (Å²) in [5.41, 5.74) is 5.66. The van der Waals surface area contributed by atoms with Crippen LogP contribution in [0, 0.1) is 17.8 Å². The van der Waals surface area contributed by atoms with E-state index in [9.17, 15) is 4.79 Å². The van der Waals surface area contributed by atoms with Crippen LogP contribution < -0.4 is 5.73 Å². The SMILES string of the molecule is CCC1CCN(C(=O)C(CN)C(C)C)C1. The van der Waals surface area contributed by atoms with Crippen LogP contribution in [0.3, 0.4) is 0 Å². The highest BCUT2D eigenvalue weighted by Gasteiger charge is 2.30. The lowest BCUT2D eigenvalue weighted by molar-refractivity contribution is -0.135. The molecule has 1 saturated heterocycles. The summed E-state index contributed by atoms with van der Waals surface area (Å²) in [6.07, 6.45) is 2.34. The number of hydrogen-bond donors (Lipinski definition) is 1. The van der Waals surface area contributed by atoms with E-state index in [0.29, 0.717) is 18.4 Å². The molecule has 15 heavy (non-hydrogen) atoms. The summed E-state index contributed by atoms with van der Waals surface area (Å²) in [6, 6.07) is 0. The second kappa shape index (κ2) is 5.50. The van der Waals surface area contributed by atoms with Gasteiger partial charge in [0.1, 0.15) is 0 Å². The zero-order valence-corrected chi connectivity index (χ0v) is 10.2. The van der Waals surface area contributed by atoms with Crippen LogP contribution in [0.15, 0.2) is 0 Å². The molecule has 1 amide bonds. The van der Waals surface area contributed by atoms with Crippen molar-refractivity contribution < 1.29 is 4.79 Å². The predicted octanol–water partition coefficient (Wildman–Crippen LogP) is 1.48. The van der Waals surface area contributed by atoms with E-state index < -0.39 is 0 Å². The first-order valence-corrected chi connectivity index (χ1v) is 6.09. The standard InChI is InChI=1S/C12H24N2O/c1-4-10-5-6-14(8-10)12(15)11(7-13)9(2)3/h9-11H,4-8,13H2,1-3H3. The smallest absolute Gasteiger partial charge is 0.227 e. The van der Waals surface area contributed by atoms with Crippen LogP contribution in [0.2, 0.25) is 0 Å². The first-order chi connectivity index (χ1) is 7.10. The number of nitrogens with two attached hydrogens (primary N) is 1. The van der Waals surface area contributed by atoms with Crippen LogP contribution in [0.4, 0.5) is 0 Å². The maximum Gasteiger partial charge on any atom is 0.227 e. The molecule has 1 fully saturated rings. The molecule has 1 aliphatic heterocycles. The van der Waals surface area contributed by atoms with E-state index in [1.54, 1.807) is 0 Å². The maximum absolute atomic E-state index is 12.1. The molecule has 2 atom stereocenters. The van der Waals surface area contributed by atoms with Crippen molar-refractivity contribution in [1.29, 1.82) is 0 Å². The number of likely N-dealkylation sites (tertiary alicyclic amines) is 1. The van der Waals surface area contributed by atoms with Gasteiger partial charge in [-0.2, -0.15) is 0 Å². The van der Waals surface area contributed by atoms with E-state index >= 15 is 0 Å². The van der Waals surface area contributed by atoms with Crippen LogP contribution in [-0.4, -0.2) is 30.4 Å². The molecular weight excluding hydrogens is 188 g/mol. The monoisotopic (exact) mass is 212 g/mol. The molecule has 0 bridgehead atoms. The zero-order chi connectivity index (χ0) is 11.4. The van der Waals surface area contributed by atoms with Gasteiger partial charge in [-0.1, -0.05) is 27.2 Å². The Balaban J connectivity index is 2.53. The number of nitrogens with zero attached hydrogens (tertiary/aromatic N) is 1. The normalized spacial score (nSPS) is 23.5. The average Bonchev–Trinajstić information content (AvgIpc) is 2.66. The Morgan fingerprint density at radius 1 is 1.53 bits per heavy atom. The van der Waals surface area contributed by atoms with Crippen molar-refractivity contribution in [3.05, 3.63) is 0 Å². The summed E-state index contributed by atoms with van der Waals surface area (Å²) in [5, 5.41) is 0. The maximum atomic E-state index is 12.1. The van der Waals surface area contributed by atoms with Crippen molar-refractivity contribution >= 4 is 5.91 Å². The third kappa shape index (κ3) is 2.94. The van der Waals surface area contributed by atoms with Gasteiger partial charge in [-0.05, 0) is 18.3 Å². The van der Waals surface area contributed by atoms with Crippen molar-refractivity contribution in [2.45, 2.75) is 33.6 Å². The Morgan fingerprint density at radius 2 is 2.20 bits per heavy atom. The van der Waals surface area contributed by atoms with Gasteiger partial charge >= 0.3 is 0 Å². The van der Waals surface area contributed by atoms with Crippen LogP contribution in [0.1, 0.15) is 33.6 Å². The Morgan fingerprint density at radius 3 is 2.60 bits per heavy atom. The van der Waals surface area contributed by atoms with Crippen LogP contribution >= 0.6 is 0 Å². The van der Waals surface area contributed by atoms with E-state index in [4.69, 9.17) is 5.73 Å². The lowest BCUT2D eigenvalue weighted by atomic mass is 9.94. The molecule has 0 aromatic carbocycles. The van der Waals surface area contributed by atoms with E-state index in [-0.39, 0.29) is 11.8 Å². The van der Waals surface area contributed by atoms with E-state index in [2.05, 4.69) is 20.8 Å². The molecule has 2 N–H and O–H groups in total. The van der Waals surface area contributed by atoms with Gasteiger partial charge in [0, 0.05) is 19.6 Å². The summed E-state index contributed by atoms with van der Waals surface area (Å²) >= 11 is 0. The van der Waals surface area contributed by atoms with Crippen molar-refractivity contribution in [3.63, 3.8) is 0 Å². The Hall–Kier alpha value is -0.570. The highest BCUT2D eigenvalue weighted by Crippen LogP contribution is 2.22. The largest absolute Gasteiger partial charge is 0.342 e. The van der Waals surface area contributed by atoms with Crippen LogP contribution in [0.25, 0.3) is 0 Å². The number of carbonyl (C=O) groups excluding carboxylic acids is 1. The Kier molecular flexibility index (Phi) is 4.58. The molecule has 0 saturated carbocycles. The van der Waals surface area contributed by atoms with Crippen molar-refractivity contribution in [2.75, 3.05) is 19.6 Å². The minimum Gasteiger partial charge on any atom is -0.342 e. The Labute approximate surface area is 93.0 Å². The van der Waals surface area contributed by atoms with Crippen molar-refractivity contribution in [3.8, 4) is 0 Å². The van der Waals surface area contributed by atoms with Gasteiger partial charge in [0.05, 0.1) is 5.92 Å². The molecule has 3 nitrogen and oxygen atoms in total. The van der Waals surface area contributed by atoms with Crippen molar-refractivity contribution in [1.82, 2.24) is 4.90 Å². The average molecular weight is 212 g/mol. The molecule has 1 rings (SSSR count). The molecule has 1 heterocycles. The highest BCUT2D eigenvalue weighted by atomic mass is 16.2. The molecule has 2 unspecified atom stereocenters. The highest BCUT2D eigenvalue weighted by molar-refractivity contribution is 5.79. The third-order valence-corrected chi connectivity index (χ3v) is 3.55. The number of carbonyl (C=O) groups is 1. The molecule has 0 spiro atoms. The third-order valence-electron chi connectivity index (χ3n) is 3.55. The van der Waals surface area contributed by atoms with Gasteiger partial charge in [0.25, 0.3) is 0 Å². The molecule has 0 aliphatic carbocycles. The Bertz CT molecular complexity index is 216. The van der Waals surface area contributed by atoms with Crippen LogP contribution in [0.5, 0.6) is 0 Å². The fraction of sp³-hybridized carbons (Fsp3) is 0.917. The second-order valence-electron chi connectivity index (χ2n) is 4.93. The van der Waals surface area contributed by atoms with E-state index in [0.717, 1.165) is 19.5 Å². The number of amides is 1. The number of hydrogen-bond acceptors (Lipinski definition) is 2. The summed E-state index contributed by atoms with van der Waals surface area (Å²) in [7, 11) is 0. The first kappa shape index (κ1) is 12.5. The summed E-state index contributed by atoms with van der Waals surface area (Å²) < 4.78 is 0. The first-order valence-electron chi connectivity index (χ1n) is 6.09.